The van der Waals surface area contributed by atoms with Gasteiger partial charge in [0.2, 0.25) is 0 Å². The maximum absolute atomic E-state index is 13.4. The van der Waals surface area contributed by atoms with Gasteiger partial charge in [0.1, 0.15) is 5.39 Å². The molecule has 0 radical (unpaired) electrons. The van der Waals surface area contributed by atoms with Gasteiger partial charge in [-0.25, -0.2) is 0 Å². The van der Waals surface area contributed by atoms with Gasteiger partial charge in [-0.3, -0.25) is 8.98 Å². The van der Waals surface area contributed by atoms with Gasteiger partial charge in [0.05, 0.1) is 34.5 Å². The summed E-state index contributed by atoms with van der Waals surface area (Å²) in [5.74, 6) is 0.0638. The van der Waals surface area contributed by atoms with Gasteiger partial charge in [0.25, 0.3) is 15.7 Å². The maximum Gasteiger partial charge on any atom is 0.264 e. The number of hydrogen-bond donors (Lipinski definition) is 0. The van der Waals surface area contributed by atoms with E-state index in [0.29, 0.717) is 39.0 Å². The zero-order valence-corrected chi connectivity index (χ0v) is 17.2. The van der Waals surface area contributed by atoms with E-state index < -0.39 is 10.1 Å². The minimum absolute atomic E-state index is 0.0638. The summed E-state index contributed by atoms with van der Waals surface area (Å²) in [7, 11) is -3.49. The second-order valence-corrected chi connectivity index (χ2v) is 9.51. The van der Waals surface area contributed by atoms with Crippen molar-refractivity contribution in [3.63, 3.8) is 0 Å². The van der Waals surface area contributed by atoms with Gasteiger partial charge in [0.15, 0.2) is 5.58 Å². The molecule has 9 heteroatoms. The molecule has 0 spiro atoms. The molecule has 0 bridgehead atoms. The first-order valence-electron chi connectivity index (χ1n) is 9.19. The first-order valence-corrected chi connectivity index (χ1v) is 11.4. The Labute approximate surface area is 167 Å². The van der Waals surface area contributed by atoms with E-state index >= 15 is 0 Å². The van der Waals surface area contributed by atoms with Gasteiger partial charge in [0, 0.05) is 6.04 Å². The van der Waals surface area contributed by atoms with Gasteiger partial charge >= 0.3 is 0 Å². The minimum Gasteiger partial charge on any atom is -0.355 e. The number of aryl methyl sites for hydroxylation is 1. The summed E-state index contributed by atoms with van der Waals surface area (Å²) in [6.07, 6.45) is 4.29. The minimum atomic E-state index is -3.49. The topological polar surface area (TPSA) is 91.4 Å². The Hall–Kier alpha value is -1.90. The summed E-state index contributed by atoms with van der Waals surface area (Å²) in [5, 5.41) is 5.59. The highest BCUT2D eigenvalue weighted by Crippen LogP contribution is 2.37. The van der Waals surface area contributed by atoms with Crippen LogP contribution in [0.2, 0.25) is 5.02 Å². The quantitative estimate of drug-likeness (QED) is 0.591. The van der Waals surface area contributed by atoms with Crippen LogP contribution in [0.4, 0.5) is 0 Å². The van der Waals surface area contributed by atoms with Crippen LogP contribution in [0.1, 0.15) is 37.4 Å². The molecule has 0 saturated heterocycles. The fourth-order valence-electron chi connectivity index (χ4n) is 4.19. The number of rotatable bonds is 4. The van der Waals surface area contributed by atoms with Crippen LogP contribution in [-0.4, -0.2) is 31.0 Å². The summed E-state index contributed by atoms with van der Waals surface area (Å²) >= 11 is 6.45. The number of halogens is 1. The zero-order valence-electron chi connectivity index (χ0n) is 15.6. The number of hydrogen-bond acceptors (Lipinski definition) is 6. The van der Waals surface area contributed by atoms with Gasteiger partial charge < -0.3 is 9.09 Å². The monoisotopic (exact) mass is 424 g/mol. The fourth-order valence-corrected chi connectivity index (χ4v) is 4.89. The molecule has 1 fully saturated rings. The third-order valence-electron chi connectivity index (χ3n) is 5.41. The van der Waals surface area contributed by atoms with Crippen LogP contribution >= 0.6 is 11.6 Å². The molecule has 2 heterocycles. The van der Waals surface area contributed by atoms with E-state index in [2.05, 4.69) is 5.16 Å². The molecule has 0 aliphatic heterocycles. The Morgan fingerprint density at radius 2 is 2.11 bits per heavy atom. The molecule has 7 nitrogen and oxygen atoms in total. The van der Waals surface area contributed by atoms with E-state index in [1.165, 1.54) is 0 Å². The molecule has 4 rings (SSSR count). The second kappa shape index (κ2) is 7.17. The maximum atomic E-state index is 13.4. The Morgan fingerprint density at radius 3 is 2.86 bits per heavy atom. The van der Waals surface area contributed by atoms with Gasteiger partial charge in [-0.2, -0.15) is 8.42 Å². The van der Waals surface area contributed by atoms with E-state index in [9.17, 15) is 13.2 Å². The van der Waals surface area contributed by atoms with Crippen molar-refractivity contribution in [1.29, 1.82) is 0 Å². The summed E-state index contributed by atoms with van der Waals surface area (Å²) in [5.41, 5.74) is 1.49. The molecule has 0 N–H and O–H groups in total. The average molecular weight is 425 g/mol. The number of nitrogens with zero attached hydrogens (tertiary/aromatic N) is 2. The van der Waals surface area contributed by atoms with Crippen LogP contribution < -0.4 is 5.56 Å². The number of benzene rings is 1. The summed E-state index contributed by atoms with van der Waals surface area (Å²) in [4.78, 5) is 13.4. The molecular formula is C19H21ClN2O5S. The number of fused-ring (bicyclic) bond motifs is 3. The molecule has 1 aliphatic rings. The lowest BCUT2D eigenvalue weighted by Crippen LogP contribution is -2.30. The highest BCUT2D eigenvalue weighted by Gasteiger charge is 2.28. The van der Waals surface area contributed by atoms with E-state index in [1.807, 2.05) is 12.1 Å². The Kier molecular flexibility index (Phi) is 4.97. The first-order chi connectivity index (χ1) is 13.3. The molecule has 0 unspecified atom stereocenters. The lowest BCUT2D eigenvalue weighted by atomic mass is 9.85. The van der Waals surface area contributed by atoms with Crippen molar-refractivity contribution in [2.45, 2.75) is 38.6 Å². The third kappa shape index (κ3) is 3.44. The van der Waals surface area contributed by atoms with Crippen molar-refractivity contribution in [2.75, 3.05) is 12.9 Å². The zero-order chi connectivity index (χ0) is 20.1. The van der Waals surface area contributed by atoms with Gasteiger partial charge in [-0.05, 0) is 44.2 Å². The molecular weight excluding hydrogens is 404 g/mol. The Bertz CT molecular complexity index is 1210. The van der Waals surface area contributed by atoms with Crippen molar-refractivity contribution >= 4 is 43.6 Å². The van der Waals surface area contributed by atoms with E-state index in [0.717, 1.165) is 25.5 Å². The molecule has 1 aromatic carbocycles. The van der Waals surface area contributed by atoms with Gasteiger partial charge in [-0.1, -0.05) is 29.2 Å². The standard InChI is InChI=1S/C19H21ClN2O5S/c1-11-16-18(27-21-11)17-14(20)7-4-8-15(17)22(19(16)23)13-6-3-5-12(9-13)10-26-28(2,24)25/h4,7-8,12-13H,3,5-6,9-10H2,1-2H3/t12-,13+/m1/s1. The predicted molar refractivity (Wildman–Crippen MR) is 107 cm³/mol. The van der Waals surface area contributed by atoms with Crippen molar-refractivity contribution in [1.82, 2.24) is 9.72 Å². The smallest absolute Gasteiger partial charge is 0.264 e. The first kappa shape index (κ1) is 19.4. The van der Waals surface area contributed by atoms with E-state index in [1.54, 1.807) is 17.6 Å². The van der Waals surface area contributed by atoms with E-state index in [4.69, 9.17) is 20.3 Å². The number of aromatic nitrogens is 2. The van der Waals surface area contributed by atoms with Crippen molar-refractivity contribution in [3.8, 4) is 0 Å². The lowest BCUT2D eigenvalue weighted by Gasteiger charge is -2.31. The highest BCUT2D eigenvalue weighted by molar-refractivity contribution is 7.85. The fraction of sp³-hybridized carbons (Fsp3) is 0.474. The molecule has 0 amide bonds. The van der Waals surface area contributed by atoms with Crippen molar-refractivity contribution in [3.05, 3.63) is 39.3 Å². The molecule has 28 heavy (non-hydrogen) atoms. The SMILES string of the molecule is Cc1noc2c1c(=O)n([C@H]1CCC[C@@H](COS(C)(=O)=O)C1)c1cccc(Cl)c21. The molecule has 1 aliphatic carbocycles. The molecule has 2 aromatic heterocycles. The normalized spacial score (nSPS) is 20.8. The van der Waals surface area contributed by atoms with Crippen LogP contribution in [0.15, 0.2) is 27.5 Å². The summed E-state index contributed by atoms with van der Waals surface area (Å²) < 4.78 is 34.9. The van der Waals surface area contributed by atoms with Crippen LogP contribution in [0.5, 0.6) is 0 Å². The Balaban J connectivity index is 1.83. The van der Waals surface area contributed by atoms with Crippen LogP contribution in [0.3, 0.4) is 0 Å². The van der Waals surface area contributed by atoms with E-state index in [-0.39, 0.29) is 24.1 Å². The average Bonchev–Trinajstić information content (AvgIpc) is 3.02. The number of pyridine rings is 1. The lowest BCUT2D eigenvalue weighted by molar-refractivity contribution is 0.183. The molecule has 3 aromatic rings. The highest BCUT2D eigenvalue weighted by atomic mass is 35.5. The third-order valence-corrected chi connectivity index (χ3v) is 6.29. The van der Waals surface area contributed by atoms with Crippen LogP contribution in [0, 0.1) is 12.8 Å². The van der Waals surface area contributed by atoms with Crippen LogP contribution in [-0.2, 0) is 14.3 Å². The van der Waals surface area contributed by atoms with Crippen molar-refractivity contribution < 1.29 is 17.1 Å². The Morgan fingerprint density at radius 1 is 1.32 bits per heavy atom. The molecule has 2 atom stereocenters. The predicted octanol–water partition coefficient (Wildman–Crippen LogP) is 3.81. The van der Waals surface area contributed by atoms with Crippen LogP contribution in [0.25, 0.3) is 21.9 Å². The second-order valence-electron chi connectivity index (χ2n) is 7.46. The van der Waals surface area contributed by atoms with Crippen molar-refractivity contribution in [2.24, 2.45) is 5.92 Å². The summed E-state index contributed by atoms with van der Waals surface area (Å²) in [6.45, 7) is 1.88. The largest absolute Gasteiger partial charge is 0.355 e. The van der Waals surface area contributed by atoms with Gasteiger partial charge in [-0.15, -0.1) is 0 Å². The summed E-state index contributed by atoms with van der Waals surface area (Å²) in [6, 6.07) is 5.35. The molecule has 1 saturated carbocycles. The molecule has 150 valence electrons.